The van der Waals surface area contributed by atoms with E-state index in [1.54, 1.807) is 0 Å². The monoisotopic (exact) mass is 624 g/mol. The molecule has 1 heterocycles. The Labute approximate surface area is 284 Å². The smallest absolute Gasteiger partial charge is 0.756 e. The van der Waals surface area contributed by atoms with Crippen molar-refractivity contribution in [3.05, 3.63) is 0 Å². The number of unbranched alkanes of at least 4 members (excludes halogenated alkanes) is 24. The maximum atomic E-state index is 12.2. The van der Waals surface area contributed by atoms with Crippen molar-refractivity contribution in [1.29, 1.82) is 0 Å². The van der Waals surface area contributed by atoms with Gasteiger partial charge in [-0.2, -0.15) is 0 Å². The Bertz CT molecular complexity index is 590. The van der Waals surface area contributed by atoms with Gasteiger partial charge in [-0.25, -0.2) is 0 Å². The third-order valence-corrected chi connectivity index (χ3v) is 9.65. The summed E-state index contributed by atoms with van der Waals surface area (Å²) in [5.74, 6) is 0.304. The van der Waals surface area contributed by atoms with Gasteiger partial charge in [0.25, 0.3) is 7.82 Å². The number of ether oxygens (including phenoxy) is 1. The van der Waals surface area contributed by atoms with Crippen LogP contribution in [0.1, 0.15) is 194 Å². The Morgan fingerprint density at radius 2 is 0.905 bits per heavy atom. The van der Waals surface area contributed by atoms with Crippen LogP contribution in [-0.4, -0.2) is 25.9 Å². The van der Waals surface area contributed by atoms with Crippen LogP contribution in [0.3, 0.4) is 0 Å². The van der Waals surface area contributed by atoms with Gasteiger partial charge in [0.15, 0.2) is 0 Å². The largest absolute Gasteiger partial charge is 1.00 e. The maximum absolute atomic E-state index is 12.2. The van der Waals surface area contributed by atoms with Gasteiger partial charge in [0, 0.05) is 0 Å². The molecule has 3 atom stereocenters. The van der Waals surface area contributed by atoms with Gasteiger partial charge in [-0.05, 0) is 18.8 Å². The van der Waals surface area contributed by atoms with Crippen LogP contribution in [0.25, 0.3) is 0 Å². The number of rotatable bonds is 34. The summed E-state index contributed by atoms with van der Waals surface area (Å²) >= 11 is 0. The Hall–Kier alpha value is 1.07. The van der Waals surface area contributed by atoms with Crippen LogP contribution < -0.4 is 34.5 Å². The van der Waals surface area contributed by atoms with Crippen molar-refractivity contribution in [2.45, 2.75) is 200 Å². The molecule has 1 fully saturated rings. The van der Waals surface area contributed by atoms with Crippen LogP contribution in [-0.2, 0) is 18.3 Å². The van der Waals surface area contributed by atoms with Crippen LogP contribution in [0.2, 0.25) is 0 Å². The van der Waals surface area contributed by atoms with Crippen LogP contribution >= 0.6 is 7.82 Å². The molecule has 0 bridgehead atoms. The van der Waals surface area contributed by atoms with Crippen molar-refractivity contribution >= 4 is 7.82 Å². The van der Waals surface area contributed by atoms with Gasteiger partial charge in [-0.1, -0.05) is 181 Å². The van der Waals surface area contributed by atoms with E-state index in [4.69, 9.17) is 13.8 Å². The second-order valence-electron chi connectivity index (χ2n) is 12.9. The summed E-state index contributed by atoms with van der Waals surface area (Å²) in [6.45, 7) is 5.49. The molecule has 0 amide bonds. The van der Waals surface area contributed by atoms with Crippen molar-refractivity contribution < 1.29 is 52.8 Å². The molecule has 0 aliphatic carbocycles. The zero-order chi connectivity index (χ0) is 29.7. The van der Waals surface area contributed by atoms with Gasteiger partial charge in [0.05, 0.1) is 19.8 Å². The Morgan fingerprint density at radius 3 is 1.21 bits per heavy atom. The fourth-order valence-electron chi connectivity index (χ4n) is 5.79. The van der Waals surface area contributed by atoms with Crippen LogP contribution in [0, 0.1) is 5.92 Å². The number of phosphoric acid groups is 1. The molecule has 1 rings (SSSR count). The second kappa shape index (κ2) is 32.0. The van der Waals surface area contributed by atoms with E-state index in [0.29, 0.717) is 12.5 Å². The first-order valence-electron chi connectivity index (χ1n) is 18.3. The molecule has 0 aromatic carbocycles. The van der Waals surface area contributed by atoms with E-state index in [-0.39, 0.29) is 48.9 Å². The topological polar surface area (TPSA) is 71.1 Å². The summed E-state index contributed by atoms with van der Waals surface area (Å²) in [4.78, 5) is 12.2. The molecule has 0 N–H and O–H groups in total. The standard InChI is InChI=1S/C35H71O5P.Na/c1-3-5-7-9-11-13-15-17-18-20-22-24-26-28-30-34(31-39-41(36,37)40-33-35-32-38-35)29-27-25-23-21-19-16-14-12-10-8-6-4-2;/h34-35H,3-33H2,1-2H3,(H,36,37);/q;+1/p-1. The molecule has 0 radical (unpaired) electrons. The maximum Gasteiger partial charge on any atom is 1.00 e. The first-order chi connectivity index (χ1) is 20.1. The molecule has 0 aromatic rings. The molecule has 1 saturated heterocycles. The Balaban J connectivity index is 0.0000168. The quantitative estimate of drug-likeness (QED) is 0.0311. The van der Waals surface area contributed by atoms with Gasteiger partial charge in [-0.15, -0.1) is 0 Å². The average Bonchev–Trinajstić information content (AvgIpc) is 3.80. The number of epoxide rings is 1. The molecule has 5 nitrogen and oxygen atoms in total. The third-order valence-electron chi connectivity index (χ3n) is 8.72. The van der Waals surface area contributed by atoms with Crippen LogP contribution in [0.15, 0.2) is 0 Å². The summed E-state index contributed by atoms with van der Waals surface area (Å²) in [6.07, 6.45) is 37.2. The van der Waals surface area contributed by atoms with Crippen LogP contribution in [0.4, 0.5) is 0 Å². The van der Waals surface area contributed by atoms with Gasteiger partial charge >= 0.3 is 29.6 Å². The molecular weight excluding hydrogens is 554 g/mol. The zero-order valence-electron chi connectivity index (χ0n) is 28.6. The summed E-state index contributed by atoms with van der Waals surface area (Å²) in [5, 5.41) is 0. The fourth-order valence-corrected chi connectivity index (χ4v) is 6.60. The van der Waals surface area contributed by atoms with Gasteiger partial charge in [-0.3, -0.25) is 4.57 Å². The fraction of sp³-hybridized carbons (Fsp3) is 1.00. The van der Waals surface area contributed by atoms with Crippen molar-refractivity contribution in [3.8, 4) is 0 Å². The van der Waals surface area contributed by atoms with E-state index in [0.717, 1.165) is 12.8 Å². The molecule has 246 valence electrons. The van der Waals surface area contributed by atoms with Crippen molar-refractivity contribution in [2.24, 2.45) is 5.92 Å². The van der Waals surface area contributed by atoms with Crippen molar-refractivity contribution in [2.75, 3.05) is 19.8 Å². The summed E-state index contributed by atoms with van der Waals surface area (Å²) in [6, 6.07) is 0. The van der Waals surface area contributed by atoms with Gasteiger partial charge in [0.1, 0.15) is 6.10 Å². The van der Waals surface area contributed by atoms with Gasteiger partial charge < -0.3 is 18.7 Å². The Morgan fingerprint density at radius 1 is 0.595 bits per heavy atom. The minimum atomic E-state index is -4.23. The zero-order valence-corrected chi connectivity index (χ0v) is 31.5. The Kier molecular flexibility index (Phi) is 32.8. The molecule has 1 aliphatic heterocycles. The normalized spacial score (nSPS) is 16.7. The summed E-state index contributed by atoms with van der Waals surface area (Å²) in [7, 11) is -4.23. The van der Waals surface area contributed by atoms with E-state index in [1.165, 1.54) is 167 Å². The van der Waals surface area contributed by atoms with Gasteiger partial charge in [0.2, 0.25) is 0 Å². The second-order valence-corrected chi connectivity index (χ2v) is 14.3. The minimum absolute atomic E-state index is 0. The van der Waals surface area contributed by atoms with E-state index in [1.807, 2.05) is 0 Å². The summed E-state index contributed by atoms with van der Waals surface area (Å²) < 4.78 is 27.5. The predicted molar refractivity (Wildman–Crippen MR) is 173 cm³/mol. The molecule has 0 spiro atoms. The molecule has 7 heteroatoms. The van der Waals surface area contributed by atoms with E-state index >= 15 is 0 Å². The summed E-state index contributed by atoms with van der Waals surface area (Å²) in [5.41, 5.74) is 0. The number of hydrogen-bond donors (Lipinski definition) is 0. The van der Waals surface area contributed by atoms with Crippen LogP contribution in [0.5, 0.6) is 0 Å². The first kappa shape index (κ1) is 43.1. The molecule has 0 saturated carbocycles. The average molecular weight is 625 g/mol. The van der Waals surface area contributed by atoms with E-state index in [9.17, 15) is 9.46 Å². The molecule has 42 heavy (non-hydrogen) atoms. The number of hydrogen-bond acceptors (Lipinski definition) is 5. The molecular formula is C35H70NaO5P. The SMILES string of the molecule is CCCCCCCCCCCCCCCCC(CCCCCCCCCCCCCC)COP(=O)([O-])OCC1CO1.[Na+]. The molecule has 0 aromatic heterocycles. The van der Waals surface area contributed by atoms with Crippen molar-refractivity contribution in [3.63, 3.8) is 0 Å². The third kappa shape index (κ3) is 31.1. The van der Waals surface area contributed by atoms with E-state index < -0.39 is 7.82 Å². The van der Waals surface area contributed by atoms with Crippen molar-refractivity contribution in [1.82, 2.24) is 0 Å². The number of phosphoric ester groups is 1. The predicted octanol–water partition coefficient (Wildman–Crippen LogP) is 8.47. The minimum Gasteiger partial charge on any atom is -0.756 e. The molecule has 1 aliphatic rings. The van der Waals surface area contributed by atoms with E-state index in [2.05, 4.69) is 13.8 Å². The first-order valence-corrected chi connectivity index (χ1v) is 19.7. The molecule has 3 unspecified atom stereocenters.